The van der Waals surface area contributed by atoms with Gasteiger partial charge in [0.2, 0.25) is 5.83 Å². The van der Waals surface area contributed by atoms with Crippen LogP contribution < -0.4 is 0 Å². The number of allylic oxidation sites excluding steroid dienone is 1. The standard InChI is InChI=1S/C7H7F3/c1-2-3-4-5-6(8)7(9)10/h2-3H2,1H3. The first kappa shape index (κ1) is 9.09. The molecular formula is C7H7F3. The van der Waals surface area contributed by atoms with Crippen LogP contribution in [0.2, 0.25) is 0 Å². The Balaban J connectivity index is 3.93. The van der Waals surface area contributed by atoms with E-state index in [-0.39, 0.29) is 0 Å². The molecule has 0 atom stereocenters. The van der Waals surface area contributed by atoms with E-state index in [2.05, 4.69) is 5.92 Å². The van der Waals surface area contributed by atoms with Gasteiger partial charge >= 0.3 is 6.08 Å². The number of rotatable bonds is 1. The van der Waals surface area contributed by atoms with Crippen molar-refractivity contribution in [2.24, 2.45) is 0 Å². The molecule has 0 aliphatic heterocycles. The second kappa shape index (κ2) is 4.92. The monoisotopic (exact) mass is 148 g/mol. The highest BCUT2D eigenvalue weighted by molar-refractivity contribution is 5.22. The Labute approximate surface area is 57.7 Å². The Hall–Kier alpha value is -0.910. The van der Waals surface area contributed by atoms with E-state index in [0.29, 0.717) is 6.42 Å². The fourth-order valence-electron chi connectivity index (χ4n) is 0.312. The largest absolute Gasteiger partial charge is 0.314 e. The lowest BCUT2D eigenvalue weighted by Crippen LogP contribution is -1.69. The van der Waals surface area contributed by atoms with Crippen molar-refractivity contribution in [3.63, 3.8) is 0 Å². The molecule has 0 aromatic rings. The molecule has 0 amide bonds. The van der Waals surface area contributed by atoms with Crippen LogP contribution in [0, 0.1) is 11.8 Å². The summed E-state index contributed by atoms with van der Waals surface area (Å²) in [5.74, 6) is 2.33. The van der Waals surface area contributed by atoms with Crippen LogP contribution in [0.25, 0.3) is 0 Å². The summed E-state index contributed by atoms with van der Waals surface area (Å²) >= 11 is 0. The van der Waals surface area contributed by atoms with E-state index in [0.717, 1.165) is 6.42 Å². The number of hydrogen-bond donors (Lipinski definition) is 0. The van der Waals surface area contributed by atoms with Crippen molar-refractivity contribution in [2.75, 3.05) is 0 Å². The number of hydrogen-bond acceptors (Lipinski definition) is 0. The maximum atomic E-state index is 11.8. The van der Waals surface area contributed by atoms with Crippen LogP contribution in [0.1, 0.15) is 19.8 Å². The minimum Gasteiger partial charge on any atom is -0.191 e. The summed E-state index contributed by atoms with van der Waals surface area (Å²) in [7, 11) is 0. The summed E-state index contributed by atoms with van der Waals surface area (Å²) in [6.07, 6.45) is -1.15. The average Bonchev–Trinajstić information content (AvgIpc) is 1.88. The average molecular weight is 148 g/mol. The molecule has 0 bridgehead atoms. The molecule has 0 N–H and O–H groups in total. The maximum absolute atomic E-state index is 11.8. The molecule has 0 aliphatic rings. The molecule has 0 fully saturated rings. The van der Waals surface area contributed by atoms with E-state index in [1.54, 1.807) is 5.92 Å². The Morgan fingerprint density at radius 3 is 2.30 bits per heavy atom. The molecule has 56 valence electrons. The SMILES string of the molecule is CCCC#CC(F)=C(F)F. The van der Waals surface area contributed by atoms with Gasteiger partial charge in [0.15, 0.2) is 0 Å². The van der Waals surface area contributed by atoms with Crippen LogP contribution >= 0.6 is 0 Å². The zero-order chi connectivity index (χ0) is 7.98. The quantitative estimate of drug-likeness (QED) is 0.501. The molecule has 0 aliphatic carbocycles. The fourth-order valence-corrected chi connectivity index (χ4v) is 0.312. The van der Waals surface area contributed by atoms with Gasteiger partial charge in [-0.2, -0.15) is 13.2 Å². The van der Waals surface area contributed by atoms with Crippen LogP contribution in [0.15, 0.2) is 11.9 Å². The van der Waals surface area contributed by atoms with E-state index < -0.39 is 11.9 Å². The summed E-state index contributed by atoms with van der Waals surface area (Å²) in [5.41, 5.74) is 0. The van der Waals surface area contributed by atoms with E-state index in [1.807, 2.05) is 6.92 Å². The molecule has 0 saturated carbocycles. The van der Waals surface area contributed by atoms with Gasteiger partial charge < -0.3 is 0 Å². The molecule has 0 saturated heterocycles. The number of unbranched alkanes of at least 4 members (excludes halogenated alkanes) is 1. The predicted molar refractivity (Wildman–Crippen MR) is 33.0 cm³/mol. The van der Waals surface area contributed by atoms with Crippen LogP contribution in [0.3, 0.4) is 0 Å². The van der Waals surface area contributed by atoms with Crippen molar-refractivity contribution >= 4 is 0 Å². The summed E-state index contributed by atoms with van der Waals surface area (Å²) < 4.78 is 34.3. The molecule has 0 nitrogen and oxygen atoms in total. The third kappa shape index (κ3) is 4.02. The normalized spacial score (nSPS) is 8.00. The lowest BCUT2D eigenvalue weighted by Gasteiger charge is -1.79. The van der Waals surface area contributed by atoms with E-state index in [4.69, 9.17) is 0 Å². The van der Waals surface area contributed by atoms with Crippen molar-refractivity contribution in [1.82, 2.24) is 0 Å². The second-order valence-electron chi connectivity index (χ2n) is 1.63. The highest BCUT2D eigenvalue weighted by atomic mass is 19.3. The second-order valence-corrected chi connectivity index (χ2v) is 1.63. The van der Waals surface area contributed by atoms with Crippen molar-refractivity contribution in [1.29, 1.82) is 0 Å². The zero-order valence-electron chi connectivity index (χ0n) is 5.55. The van der Waals surface area contributed by atoms with Crippen molar-refractivity contribution < 1.29 is 13.2 Å². The van der Waals surface area contributed by atoms with Crippen molar-refractivity contribution in [2.45, 2.75) is 19.8 Å². The van der Waals surface area contributed by atoms with E-state index in [9.17, 15) is 13.2 Å². The zero-order valence-corrected chi connectivity index (χ0v) is 5.55. The van der Waals surface area contributed by atoms with E-state index >= 15 is 0 Å². The summed E-state index contributed by atoms with van der Waals surface area (Å²) in [5, 5.41) is 0. The van der Waals surface area contributed by atoms with E-state index in [1.165, 1.54) is 0 Å². The van der Waals surface area contributed by atoms with Crippen molar-refractivity contribution in [3.05, 3.63) is 11.9 Å². The first-order valence-electron chi connectivity index (χ1n) is 2.88. The van der Waals surface area contributed by atoms with Gasteiger partial charge in [0.05, 0.1) is 0 Å². The topological polar surface area (TPSA) is 0 Å². The predicted octanol–water partition coefficient (Wildman–Crippen LogP) is 2.87. The van der Waals surface area contributed by atoms with Crippen LogP contribution in [-0.2, 0) is 0 Å². The molecule has 0 aromatic carbocycles. The first-order chi connectivity index (χ1) is 4.68. The Bertz CT molecular complexity index is 179. The van der Waals surface area contributed by atoms with Gasteiger partial charge in [0, 0.05) is 6.42 Å². The third-order valence-electron chi connectivity index (χ3n) is 0.739. The molecule has 0 spiro atoms. The summed E-state index contributed by atoms with van der Waals surface area (Å²) in [4.78, 5) is 0. The van der Waals surface area contributed by atoms with Crippen LogP contribution in [0.5, 0.6) is 0 Å². The van der Waals surface area contributed by atoms with Gasteiger partial charge in [-0.15, -0.1) is 0 Å². The van der Waals surface area contributed by atoms with Gasteiger partial charge in [-0.25, -0.2) is 0 Å². The Kier molecular flexibility index (Phi) is 4.47. The Morgan fingerprint density at radius 2 is 1.90 bits per heavy atom. The molecular weight excluding hydrogens is 141 g/mol. The maximum Gasteiger partial charge on any atom is 0.314 e. The molecule has 10 heavy (non-hydrogen) atoms. The molecule has 0 rings (SSSR count). The third-order valence-corrected chi connectivity index (χ3v) is 0.739. The smallest absolute Gasteiger partial charge is 0.191 e. The summed E-state index contributed by atoms with van der Waals surface area (Å²) in [6.45, 7) is 1.84. The van der Waals surface area contributed by atoms with Gasteiger partial charge in [-0.1, -0.05) is 12.8 Å². The minimum absolute atomic E-state index is 0.445. The highest BCUT2D eigenvalue weighted by Crippen LogP contribution is 2.06. The molecule has 3 heteroatoms. The lowest BCUT2D eigenvalue weighted by atomic mass is 10.3. The van der Waals surface area contributed by atoms with Crippen LogP contribution in [-0.4, -0.2) is 0 Å². The lowest BCUT2D eigenvalue weighted by molar-refractivity contribution is 0.389. The van der Waals surface area contributed by atoms with Gasteiger partial charge in [-0.05, 0) is 12.3 Å². The first-order valence-corrected chi connectivity index (χ1v) is 2.88. The molecule has 0 unspecified atom stereocenters. The minimum atomic E-state index is -2.34. The van der Waals surface area contributed by atoms with Crippen LogP contribution in [0.4, 0.5) is 13.2 Å². The van der Waals surface area contributed by atoms with Gasteiger partial charge in [0.25, 0.3) is 0 Å². The molecule has 0 radical (unpaired) electrons. The highest BCUT2D eigenvalue weighted by Gasteiger charge is 1.97. The number of halogens is 3. The summed E-state index contributed by atoms with van der Waals surface area (Å²) in [6, 6.07) is 0. The van der Waals surface area contributed by atoms with Gasteiger partial charge in [0.1, 0.15) is 0 Å². The Morgan fingerprint density at radius 1 is 1.30 bits per heavy atom. The fraction of sp³-hybridized carbons (Fsp3) is 0.429. The molecule has 0 aromatic heterocycles. The molecule has 0 heterocycles. The van der Waals surface area contributed by atoms with Crippen molar-refractivity contribution in [3.8, 4) is 11.8 Å². The van der Waals surface area contributed by atoms with Gasteiger partial charge in [-0.3, -0.25) is 0 Å².